The number of allylic oxidation sites excluding steroid dienone is 4. The molecular weight excluding hydrogens is 561 g/mol. The van der Waals surface area contributed by atoms with E-state index in [2.05, 4.69) is 164 Å². The van der Waals surface area contributed by atoms with E-state index in [9.17, 15) is 0 Å². The van der Waals surface area contributed by atoms with Crippen LogP contribution in [-0.4, -0.2) is 43.4 Å². The van der Waals surface area contributed by atoms with E-state index in [1.807, 2.05) is 7.11 Å². The molecule has 0 aliphatic heterocycles. The van der Waals surface area contributed by atoms with Gasteiger partial charge < -0.3 is 0 Å². The van der Waals surface area contributed by atoms with Gasteiger partial charge in [0.2, 0.25) is 0 Å². The van der Waals surface area contributed by atoms with Crippen molar-refractivity contribution < 1.29 is 26.2 Å². The van der Waals surface area contributed by atoms with Crippen LogP contribution < -0.4 is 19.7 Å². The van der Waals surface area contributed by atoms with Gasteiger partial charge in [-0.3, -0.25) is 0 Å². The number of methoxy groups -OCH3 is 1. The van der Waals surface area contributed by atoms with Gasteiger partial charge in [0, 0.05) is 0 Å². The fraction of sp³-hybridized carbons (Fsp3) is 0.405. The van der Waals surface area contributed by atoms with E-state index in [1.165, 1.54) is 47.2 Å². The molecule has 0 spiro atoms. The summed E-state index contributed by atoms with van der Waals surface area (Å²) in [6.07, 6.45) is 9.93. The van der Waals surface area contributed by atoms with Crippen molar-refractivity contribution in [2.75, 3.05) is 45.1 Å². The van der Waals surface area contributed by atoms with Gasteiger partial charge in [-0.05, 0) is 0 Å². The van der Waals surface area contributed by atoms with Crippen LogP contribution in [0.3, 0.4) is 0 Å². The molecule has 0 radical (unpaired) electrons. The molecule has 0 amide bonds. The van der Waals surface area contributed by atoms with Gasteiger partial charge in [0.1, 0.15) is 0 Å². The van der Waals surface area contributed by atoms with Crippen LogP contribution in [0, 0.1) is 6.92 Å². The molecule has 42 heavy (non-hydrogen) atoms. The minimum atomic E-state index is -2.33. The molecule has 4 rings (SSSR count). The Hall–Kier alpha value is -2.37. The average Bonchev–Trinajstić information content (AvgIpc) is 3.44. The summed E-state index contributed by atoms with van der Waals surface area (Å²) in [5, 5.41) is 1.46. The van der Waals surface area contributed by atoms with Crippen molar-refractivity contribution in [3.63, 3.8) is 0 Å². The quantitative estimate of drug-likeness (QED) is 0.215. The number of ether oxygens (including phenoxy) is 1. The minimum absolute atomic E-state index is 0.00123. The zero-order chi connectivity index (χ0) is 30.9. The van der Waals surface area contributed by atoms with E-state index < -0.39 is 29.5 Å². The van der Waals surface area contributed by atoms with Gasteiger partial charge >= 0.3 is 266 Å². The number of anilines is 2. The van der Waals surface area contributed by atoms with E-state index in [-0.39, 0.29) is 8.21 Å². The van der Waals surface area contributed by atoms with Crippen molar-refractivity contribution in [2.45, 2.75) is 57.4 Å². The van der Waals surface area contributed by atoms with Crippen LogP contribution in [0.4, 0.5) is 11.4 Å². The summed E-state index contributed by atoms with van der Waals surface area (Å²) >= 11 is -2.33. The first-order chi connectivity index (χ1) is 19.7. The van der Waals surface area contributed by atoms with Crippen molar-refractivity contribution in [1.29, 1.82) is 0 Å². The Bertz CT molecular complexity index is 1400. The molecule has 5 heteroatoms. The average molecular weight is 613 g/mol. The summed E-state index contributed by atoms with van der Waals surface area (Å²) in [5.74, 6) is 1.11. The second kappa shape index (κ2) is 12.7. The van der Waals surface area contributed by atoms with Crippen LogP contribution >= 0.6 is 0 Å². The number of hydrogen-bond donors (Lipinski definition) is 0. The maximum atomic E-state index is 6.36. The van der Waals surface area contributed by atoms with Gasteiger partial charge in [0.05, 0.1) is 0 Å². The van der Waals surface area contributed by atoms with Gasteiger partial charge in [-0.1, -0.05) is 0 Å². The molecule has 0 atom stereocenters. The number of para-hydroxylation sites is 2. The van der Waals surface area contributed by atoms with Gasteiger partial charge in [-0.15, -0.1) is 0 Å². The zero-order valence-corrected chi connectivity index (χ0v) is 30.7. The fourth-order valence-electron chi connectivity index (χ4n) is 7.11. The Morgan fingerprint density at radius 2 is 1.26 bits per heavy atom. The maximum absolute atomic E-state index is 6.36. The molecule has 0 saturated carbocycles. The first-order valence-electron chi connectivity index (χ1n) is 15.3. The molecule has 0 unspecified atom stereocenters. The first kappa shape index (κ1) is 32.5. The Balaban J connectivity index is 1.97. The molecule has 0 fully saturated rings. The Kier molecular flexibility index (Phi) is 9.84. The summed E-state index contributed by atoms with van der Waals surface area (Å²) in [7, 11) is 8.38. The van der Waals surface area contributed by atoms with Crippen molar-refractivity contribution in [3.05, 3.63) is 107 Å². The van der Waals surface area contributed by atoms with Gasteiger partial charge in [0.15, 0.2) is 0 Å². The van der Waals surface area contributed by atoms with Crippen LogP contribution in [-0.2, 0) is 35.2 Å². The Morgan fingerprint density at radius 1 is 0.786 bits per heavy atom. The summed E-state index contributed by atoms with van der Waals surface area (Å²) in [6.45, 7) is 14.4. The molecule has 1 aliphatic carbocycles. The molecule has 0 bridgehead atoms. The molecule has 0 heterocycles. The second-order valence-electron chi connectivity index (χ2n) is 14.1. The second-order valence-corrected chi connectivity index (χ2v) is 24.6. The molecule has 1 aliphatic rings. The topological polar surface area (TPSA) is 15.7 Å². The van der Waals surface area contributed by atoms with Crippen LogP contribution in [0.15, 0.2) is 85.0 Å². The summed E-state index contributed by atoms with van der Waals surface area (Å²) < 4.78 is 8.79. The molecular formula is C37H51N2OScSi. The molecule has 0 N–H and O–H groups in total. The third kappa shape index (κ3) is 6.28. The predicted molar refractivity (Wildman–Crippen MR) is 183 cm³/mol. The standard InChI is InChI=1S/C19H27OSi.2C9H12N.Sc/c1-14-12-16(19(2,3)4)18(20-5)17(13-14)21(6,7)15-10-8-9-11-15;2*1-8-6-4-5-7-9(8)10(2)3;/h8-13H,1-7H3;2*4-7H,1H2,2-3H3;. The number of rotatable bonds is 10. The monoisotopic (exact) mass is 612 g/mol. The van der Waals surface area contributed by atoms with Gasteiger partial charge in [0.25, 0.3) is 0 Å². The van der Waals surface area contributed by atoms with Crippen molar-refractivity contribution in [3.8, 4) is 5.75 Å². The number of hydrogen-bond acceptors (Lipinski definition) is 3. The van der Waals surface area contributed by atoms with E-state index in [0.717, 1.165) is 5.75 Å². The van der Waals surface area contributed by atoms with Gasteiger partial charge in [-0.2, -0.15) is 0 Å². The van der Waals surface area contributed by atoms with Crippen LogP contribution in [0.2, 0.25) is 15.9 Å². The van der Waals surface area contributed by atoms with E-state index in [0.29, 0.717) is 0 Å². The van der Waals surface area contributed by atoms with E-state index in [1.54, 1.807) is 0 Å². The van der Waals surface area contributed by atoms with E-state index in [4.69, 9.17) is 4.74 Å². The number of benzene rings is 3. The number of aryl methyl sites for hydroxylation is 1. The Labute approximate surface area is 264 Å². The van der Waals surface area contributed by atoms with Crippen molar-refractivity contribution in [2.24, 2.45) is 0 Å². The molecule has 3 nitrogen and oxygen atoms in total. The molecule has 222 valence electrons. The normalized spacial score (nSPS) is 14.3. The van der Waals surface area contributed by atoms with Gasteiger partial charge in [-0.25, -0.2) is 0 Å². The van der Waals surface area contributed by atoms with Crippen molar-refractivity contribution >= 4 is 24.6 Å². The zero-order valence-electron chi connectivity index (χ0n) is 27.9. The van der Waals surface area contributed by atoms with Crippen LogP contribution in [0.1, 0.15) is 43.0 Å². The Morgan fingerprint density at radius 3 is 1.69 bits per heavy atom. The number of nitrogens with zero attached hydrogens (tertiary/aromatic N) is 2. The summed E-state index contributed by atoms with van der Waals surface area (Å²) in [6, 6.07) is 22.9. The molecule has 3 aromatic carbocycles. The predicted octanol–water partition coefficient (Wildman–Crippen LogP) is 8.19. The molecule has 0 saturated heterocycles. The molecule has 0 aromatic heterocycles. The summed E-state index contributed by atoms with van der Waals surface area (Å²) in [4.78, 5) is 4.58. The first-order valence-corrected chi connectivity index (χ1v) is 21.7. The van der Waals surface area contributed by atoms with Crippen LogP contribution in [0.5, 0.6) is 5.75 Å². The third-order valence-corrected chi connectivity index (χ3v) is 24.3. The SMILES string of the molecule is COc1c(C(C)(C)C)cc(C)cc1[Si](C)(C)[C]1([Sc]([CH2]c2ccccc2N(C)C)[CH2]c2ccccc2N(C)C)C=CC=C1. The molecule has 3 aromatic rings. The fourth-order valence-corrected chi connectivity index (χ4v) is 22.6. The van der Waals surface area contributed by atoms with Crippen LogP contribution in [0.25, 0.3) is 0 Å². The van der Waals surface area contributed by atoms with Crippen molar-refractivity contribution in [1.82, 2.24) is 0 Å². The van der Waals surface area contributed by atoms with E-state index >= 15 is 0 Å². The third-order valence-electron chi connectivity index (χ3n) is 9.41. The summed E-state index contributed by atoms with van der Waals surface area (Å²) in [5.41, 5.74) is 8.31.